The molecule has 0 spiro atoms. The zero-order valence-electron chi connectivity index (χ0n) is 18.1. The minimum absolute atomic E-state index is 0.0676. The van der Waals surface area contributed by atoms with Gasteiger partial charge >= 0.3 is 6.18 Å². The van der Waals surface area contributed by atoms with Crippen molar-refractivity contribution in [2.45, 2.75) is 12.7 Å². The third-order valence-corrected chi connectivity index (χ3v) is 6.12. The Morgan fingerprint density at radius 3 is 2.43 bits per heavy atom. The van der Waals surface area contributed by atoms with Gasteiger partial charge < -0.3 is 15.1 Å². The molecule has 1 heterocycles. The Hall–Kier alpha value is -3.51. The molecule has 0 bridgehead atoms. The molecule has 0 radical (unpaired) electrons. The number of hydrogen-bond acceptors (Lipinski definition) is 5. The van der Waals surface area contributed by atoms with Crippen LogP contribution in [0.25, 0.3) is 0 Å². The second-order valence-electron chi connectivity index (χ2n) is 7.29. The van der Waals surface area contributed by atoms with Crippen LogP contribution in [0, 0.1) is 0 Å². The Balaban J connectivity index is 1.82. The summed E-state index contributed by atoms with van der Waals surface area (Å²) in [5.41, 5.74) is -1.50. The second-order valence-corrected chi connectivity index (χ2v) is 9.60. The largest absolute Gasteiger partial charge is 0.467 e. The molecule has 186 valence electrons. The summed E-state index contributed by atoms with van der Waals surface area (Å²) < 4.78 is 69.7. The maximum atomic E-state index is 13.1. The lowest BCUT2D eigenvalue weighted by atomic mass is 10.1. The van der Waals surface area contributed by atoms with E-state index in [0.29, 0.717) is 22.2 Å². The fourth-order valence-electron chi connectivity index (χ4n) is 3.05. The molecule has 2 aromatic carbocycles. The number of carbonyl (C=O) groups excluding carboxylic acids is 2. The first-order valence-corrected chi connectivity index (χ1v) is 12.1. The molecule has 2 amide bonds. The van der Waals surface area contributed by atoms with Gasteiger partial charge in [-0.25, -0.2) is 8.42 Å². The summed E-state index contributed by atoms with van der Waals surface area (Å²) in [6, 6.07) is 11.4. The molecule has 0 aliphatic heterocycles. The molecule has 13 heteroatoms. The van der Waals surface area contributed by atoms with Gasteiger partial charge in [-0.15, -0.1) is 0 Å². The lowest BCUT2D eigenvalue weighted by Gasteiger charge is -2.24. The minimum atomic E-state index is -4.76. The highest BCUT2D eigenvalue weighted by Gasteiger charge is 2.33. The molecule has 0 atom stereocenters. The van der Waals surface area contributed by atoms with E-state index < -0.39 is 45.8 Å². The van der Waals surface area contributed by atoms with E-state index in [1.54, 1.807) is 18.2 Å². The molecule has 0 unspecified atom stereocenters. The Morgan fingerprint density at radius 2 is 1.80 bits per heavy atom. The molecule has 3 aromatic rings. The van der Waals surface area contributed by atoms with Gasteiger partial charge in [-0.3, -0.25) is 13.9 Å². The van der Waals surface area contributed by atoms with E-state index in [0.717, 1.165) is 12.3 Å². The minimum Gasteiger partial charge on any atom is -0.467 e. The molecule has 35 heavy (non-hydrogen) atoms. The Bertz CT molecular complexity index is 1330. The number of carbonyl (C=O) groups is 2. The Labute approximate surface area is 203 Å². The molecule has 2 N–H and O–H groups in total. The van der Waals surface area contributed by atoms with Crippen molar-refractivity contribution >= 4 is 44.8 Å². The van der Waals surface area contributed by atoms with Crippen LogP contribution in [-0.4, -0.2) is 33.0 Å². The first-order chi connectivity index (χ1) is 16.4. The van der Waals surface area contributed by atoms with Crippen molar-refractivity contribution < 1.29 is 35.6 Å². The molecule has 0 aliphatic rings. The van der Waals surface area contributed by atoms with Crippen LogP contribution in [0.3, 0.4) is 0 Å². The monoisotopic (exact) mass is 529 g/mol. The number of benzene rings is 2. The summed E-state index contributed by atoms with van der Waals surface area (Å²) in [5.74, 6) is -0.949. The van der Waals surface area contributed by atoms with E-state index in [1.807, 2.05) is 0 Å². The van der Waals surface area contributed by atoms with E-state index in [-0.39, 0.29) is 22.8 Å². The number of alkyl halides is 3. The highest BCUT2D eigenvalue weighted by atomic mass is 35.5. The first-order valence-electron chi connectivity index (χ1n) is 9.90. The van der Waals surface area contributed by atoms with E-state index in [9.17, 15) is 31.2 Å². The van der Waals surface area contributed by atoms with Crippen molar-refractivity contribution in [1.82, 2.24) is 5.32 Å². The number of para-hydroxylation sites is 1. The van der Waals surface area contributed by atoms with Crippen LogP contribution in [0.15, 0.2) is 65.3 Å². The average molecular weight is 530 g/mol. The van der Waals surface area contributed by atoms with Gasteiger partial charge in [0.15, 0.2) is 0 Å². The van der Waals surface area contributed by atoms with Crippen LogP contribution < -0.4 is 14.9 Å². The number of rotatable bonds is 8. The van der Waals surface area contributed by atoms with Gasteiger partial charge in [-0.2, -0.15) is 13.2 Å². The maximum Gasteiger partial charge on any atom is 0.416 e. The van der Waals surface area contributed by atoms with Crippen LogP contribution in [0.1, 0.15) is 21.7 Å². The van der Waals surface area contributed by atoms with E-state index in [4.69, 9.17) is 16.0 Å². The average Bonchev–Trinajstić information content (AvgIpc) is 3.29. The smallest absolute Gasteiger partial charge is 0.416 e. The zero-order chi connectivity index (χ0) is 25.8. The number of sulfonamides is 1. The predicted molar refractivity (Wildman–Crippen MR) is 124 cm³/mol. The standard InChI is InChI=1S/C22H19ClF3N3O5S/c1-35(32,33)29(19-11-14(22(24,25)26)8-9-17(19)23)13-20(30)28-18-7-3-2-6-16(18)21(31)27-12-15-5-4-10-34-15/h2-11H,12-13H2,1H3,(H,27,31)(H,28,30). The van der Waals surface area contributed by atoms with Gasteiger partial charge in [0, 0.05) is 0 Å². The van der Waals surface area contributed by atoms with Crippen molar-refractivity contribution in [3.63, 3.8) is 0 Å². The molecule has 0 fully saturated rings. The van der Waals surface area contributed by atoms with E-state index in [2.05, 4.69) is 10.6 Å². The number of halogens is 4. The fourth-order valence-corrected chi connectivity index (χ4v) is 4.18. The molecule has 1 aromatic heterocycles. The van der Waals surface area contributed by atoms with Crippen LogP contribution in [0.4, 0.5) is 24.5 Å². The fraction of sp³-hybridized carbons (Fsp3) is 0.182. The maximum absolute atomic E-state index is 13.1. The van der Waals surface area contributed by atoms with Gasteiger partial charge in [-0.05, 0) is 42.5 Å². The molecule has 0 saturated carbocycles. The number of anilines is 2. The summed E-state index contributed by atoms with van der Waals surface area (Å²) in [4.78, 5) is 25.3. The van der Waals surface area contributed by atoms with Gasteiger partial charge in [-0.1, -0.05) is 23.7 Å². The third kappa shape index (κ3) is 6.76. The van der Waals surface area contributed by atoms with Crippen molar-refractivity contribution in [1.29, 1.82) is 0 Å². The first kappa shape index (κ1) is 26.1. The van der Waals surface area contributed by atoms with Crippen LogP contribution in [-0.2, 0) is 27.5 Å². The summed E-state index contributed by atoms with van der Waals surface area (Å²) in [7, 11) is -4.22. The predicted octanol–water partition coefficient (Wildman–Crippen LogP) is 4.29. The van der Waals surface area contributed by atoms with Gasteiger partial charge in [0.25, 0.3) is 5.91 Å². The lowest BCUT2D eigenvalue weighted by Crippen LogP contribution is -2.38. The molecule has 3 rings (SSSR count). The molecule has 0 saturated heterocycles. The number of nitrogens with zero attached hydrogens (tertiary/aromatic N) is 1. The Kier molecular flexibility index (Phi) is 7.76. The number of hydrogen-bond donors (Lipinski definition) is 2. The van der Waals surface area contributed by atoms with Crippen molar-refractivity contribution in [2.75, 3.05) is 22.4 Å². The van der Waals surface area contributed by atoms with Gasteiger partial charge in [0.1, 0.15) is 12.3 Å². The molecular formula is C22H19ClF3N3O5S. The number of furan rings is 1. The highest BCUT2D eigenvalue weighted by molar-refractivity contribution is 7.92. The van der Waals surface area contributed by atoms with Gasteiger partial charge in [0.2, 0.25) is 15.9 Å². The van der Waals surface area contributed by atoms with Crippen LogP contribution >= 0.6 is 11.6 Å². The quantitative estimate of drug-likeness (QED) is 0.452. The normalized spacial score (nSPS) is 11.7. The molecule has 8 nitrogen and oxygen atoms in total. The van der Waals surface area contributed by atoms with Gasteiger partial charge in [0.05, 0.1) is 46.6 Å². The summed E-state index contributed by atoms with van der Waals surface area (Å²) in [6.07, 6.45) is -2.58. The van der Waals surface area contributed by atoms with E-state index in [1.165, 1.54) is 24.5 Å². The summed E-state index contributed by atoms with van der Waals surface area (Å²) in [5, 5.41) is 4.75. The van der Waals surface area contributed by atoms with Crippen LogP contribution in [0.5, 0.6) is 0 Å². The third-order valence-electron chi connectivity index (χ3n) is 4.68. The number of amides is 2. The highest BCUT2D eigenvalue weighted by Crippen LogP contribution is 2.36. The number of nitrogens with one attached hydrogen (secondary N) is 2. The van der Waals surface area contributed by atoms with Crippen molar-refractivity contribution in [2.24, 2.45) is 0 Å². The molecule has 0 aliphatic carbocycles. The SMILES string of the molecule is CS(=O)(=O)N(CC(=O)Nc1ccccc1C(=O)NCc1ccco1)c1cc(C(F)(F)F)ccc1Cl. The Morgan fingerprint density at radius 1 is 1.09 bits per heavy atom. The van der Waals surface area contributed by atoms with E-state index >= 15 is 0 Å². The lowest BCUT2D eigenvalue weighted by molar-refractivity contribution is -0.137. The van der Waals surface area contributed by atoms with Crippen molar-refractivity contribution in [3.05, 3.63) is 82.8 Å². The molecular weight excluding hydrogens is 511 g/mol. The second kappa shape index (κ2) is 10.4. The summed E-state index contributed by atoms with van der Waals surface area (Å²) >= 11 is 5.97. The zero-order valence-corrected chi connectivity index (χ0v) is 19.7. The van der Waals surface area contributed by atoms with Crippen LogP contribution in [0.2, 0.25) is 5.02 Å². The topological polar surface area (TPSA) is 109 Å². The van der Waals surface area contributed by atoms with Crippen molar-refractivity contribution in [3.8, 4) is 0 Å². The summed E-state index contributed by atoms with van der Waals surface area (Å²) in [6.45, 7) is -0.799.